The minimum absolute atomic E-state index is 0.0378. The molecule has 8 atom stereocenters. The molecule has 4 heteroatoms. The molecule has 190 valence electrons. The first-order valence-corrected chi connectivity index (χ1v) is 13.9. The molecule has 4 aliphatic carbocycles. The van der Waals surface area contributed by atoms with Gasteiger partial charge >= 0.3 is 5.97 Å². The van der Waals surface area contributed by atoms with Crippen molar-refractivity contribution in [2.24, 2.45) is 40.4 Å². The van der Waals surface area contributed by atoms with E-state index in [1.54, 1.807) is 0 Å². The summed E-state index contributed by atoms with van der Waals surface area (Å²) in [6.07, 6.45) is 10.7. The molecule has 1 aromatic rings. The van der Waals surface area contributed by atoms with E-state index in [0.29, 0.717) is 41.6 Å². The van der Waals surface area contributed by atoms with E-state index in [-0.39, 0.29) is 35.3 Å². The first-order chi connectivity index (χ1) is 16.8. The van der Waals surface area contributed by atoms with E-state index >= 15 is 0 Å². The molecule has 4 aliphatic rings. The Hall–Kier alpha value is -1.94. The van der Waals surface area contributed by atoms with Gasteiger partial charge in [0.25, 0.3) is 0 Å². The smallest absolute Gasteiger partial charge is 0.338 e. The fraction of sp³-hybridized carbons (Fsp3) is 0.677. The number of aliphatic hydroxyl groups excluding tert-OH is 1. The highest BCUT2D eigenvalue weighted by molar-refractivity contribution is 5.91. The van der Waals surface area contributed by atoms with Crippen LogP contribution in [0.25, 0.3) is 0 Å². The number of allylic oxidation sites excluding steroid dienone is 1. The highest BCUT2D eigenvalue weighted by atomic mass is 16.5. The van der Waals surface area contributed by atoms with Gasteiger partial charge in [-0.2, -0.15) is 0 Å². The van der Waals surface area contributed by atoms with Gasteiger partial charge in [-0.05, 0) is 105 Å². The molecule has 0 heterocycles. The minimum atomic E-state index is -0.210. The summed E-state index contributed by atoms with van der Waals surface area (Å²) in [7, 11) is 0. The van der Waals surface area contributed by atoms with Crippen LogP contribution in [0.1, 0.15) is 88.9 Å². The van der Waals surface area contributed by atoms with Gasteiger partial charge in [0.15, 0.2) is 5.78 Å². The zero-order valence-electron chi connectivity index (χ0n) is 21.7. The number of benzene rings is 1. The zero-order valence-corrected chi connectivity index (χ0v) is 21.7. The van der Waals surface area contributed by atoms with Crippen LogP contribution in [0.2, 0.25) is 0 Å². The topological polar surface area (TPSA) is 63.6 Å². The SMILES string of the molecule is CC(CCCO)C1CCC2C3CCC4=CC(=O)CCC4(C)C3CC(OC(=O)c3ccccc3)C12C. The summed E-state index contributed by atoms with van der Waals surface area (Å²) in [6.45, 7) is 7.38. The summed E-state index contributed by atoms with van der Waals surface area (Å²) < 4.78 is 6.50. The van der Waals surface area contributed by atoms with E-state index in [1.807, 2.05) is 36.4 Å². The number of ketones is 1. The lowest BCUT2D eigenvalue weighted by atomic mass is 9.45. The van der Waals surface area contributed by atoms with Gasteiger partial charge in [0.05, 0.1) is 5.56 Å². The second-order valence-corrected chi connectivity index (χ2v) is 12.4. The number of hydrogen-bond donors (Lipinski definition) is 1. The minimum Gasteiger partial charge on any atom is -0.458 e. The third-order valence-electron chi connectivity index (χ3n) is 10.9. The second kappa shape index (κ2) is 9.50. The Morgan fingerprint density at radius 2 is 1.89 bits per heavy atom. The largest absolute Gasteiger partial charge is 0.458 e. The van der Waals surface area contributed by atoms with Crippen LogP contribution in [-0.4, -0.2) is 29.6 Å². The predicted octanol–water partition coefficient (Wildman–Crippen LogP) is 6.38. The average Bonchev–Trinajstić information content (AvgIpc) is 3.22. The summed E-state index contributed by atoms with van der Waals surface area (Å²) in [6, 6.07) is 9.41. The maximum Gasteiger partial charge on any atom is 0.338 e. The average molecular weight is 479 g/mol. The maximum absolute atomic E-state index is 13.3. The lowest BCUT2D eigenvalue weighted by molar-refractivity contribution is -0.144. The van der Waals surface area contributed by atoms with Gasteiger partial charge in [-0.15, -0.1) is 0 Å². The Morgan fingerprint density at radius 3 is 2.63 bits per heavy atom. The molecule has 0 radical (unpaired) electrons. The number of carbonyl (C=O) groups excluding carboxylic acids is 2. The molecule has 3 saturated carbocycles. The lowest BCUT2D eigenvalue weighted by Gasteiger charge is -2.60. The number of carbonyl (C=O) groups is 2. The van der Waals surface area contributed by atoms with E-state index in [1.165, 1.54) is 18.4 Å². The van der Waals surface area contributed by atoms with E-state index in [4.69, 9.17) is 4.74 Å². The summed E-state index contributed by atoms with van der Waals surface area (Å²) in [5.41, 5.74) is 1.95. The normalized spacial score (nSPS) is 39.1. The van der Waals surface area contributed by atoms with E-state index < -0.39 is 0 Å². The van der Waals surface area contributed by atoms with E-state index in [2.05, 4.69) is 20.8 Å². The summed E-state index contributed by atoms with van der Waals surface area (Å²) >= 11 is 0. The highest BCUT2D eigenvalue weighted by Gasteiger charge is 2.64. The molecule has 1 aromatic carbocycles. The fourth-order valence-electron chi connectivity index (χ4n) is 9.02. The molecule has 8 unspecified atom stereocenters. The molecular weight excluding hydrogens is 436 g/mol. The third-order valence-corrected chi connectivity index (χ3v) is 10.9. The van der Waals surface area contributed by atoms with Crippen LogP contribution in [-0.2, 0) is 9.53 Å². The van der Waals surface area contributed by atoms with Crippen molar-refractivity contribution in [1.82, 2.24) is 0 Å². The van der Waals surface area contributed by atoms with Crippen LogP contribution in [0.5, 0.6) is 0 Å². The molecule has 0 bridgehead atoms. The third kappa shape index (κ3) is 4.10. The molecule has 0 aliphatic heterocycles. The van der Waals surface area contributed by atoms with Crippen molar-refractivity contribution >= 4 is 11.8 Å². The Morgan fingerprint density at radius 1 is 1.11 bits per heavy atom. The van der Waals surface area contributed by atoms with Crippen molar-refractivity contribution in [3.8, 4) is 0 Å². The Balaban J connectivity index is 1.50. The standard InChI is InChI=1S/C31H42O4/c1-20(8-7-17-32)25-13-14-26-24-12-11-22-18-23(33)15-16-30(22,2)27(24)19-28(31(25,26)3)35-29(34)21-9-5-4-6-10-21/h4-6,9-10,18,20,24-28,32H,7-8,11-17,19H2,1-3H3. The molecule has 1 N–H and O–H groups in total. The Labute approximate surface area is 210 Å². The lowest BCUT2D eigenvalue weighted by Crippen LogP contribution is -2.58. The highest BCUT2D eigenvalue weighted by Crippen LogP contribution is 2.68. The van der Waals surface area contributed by atoms with Crippen LogP contribution < -0.4 is 0 Å². The number of fused-ring (bicyclic) bond motifs is 5. The number of ether oxygens (including phenoxy) is 1. The number of hydrogen-bond acceptors (Lipinski definition) is 4. The molecule has 0 aromatic heterocycles. The molecule has 0 spiro atoms. The van der Waals surface area contributed by atoms with Crippen LogP contribution in [0.3, 0.4) is 0 Å². The van der Waals surface area contributed by atoms with Gasteiger partial charge in [0.2, 0.25) is 0 Å². The molecule has 4 nitrogen and oxygen atoms in total. The van der Waals surface area contributed by atoms with Crippen LogP contribution in [0.4, 0.5) is 0 Å². The summed E-state index contributed by atoms with van der Waals surface area (Å²) in [5.74, 6) is 2.67. The fourth-order valence-corrected chi connectivity index (χ4v) is 9.02. The molecule has 35 heavy (non-hydrogen) atoms. The van der Waals surface area contributed by atoms with E-state index in [0.717, 1.165) is 38.5 Å². The maximum atomic E-state index is 13.3. The zero-order chi connectivity index (χ0) is 24.8. The molecule has 0 saturated heterocycles. The molecular formula is C31H42O4. The number of rotatable bonds is 6. The number of aliphatic hydroxyl groups is 1. The number of esters is 1. The quantitative estimate of drug-likeness (QED) is 0.482. The van der Waals surface area contributed by atoms with Crippen LogP contribution in [0, 0.1) is 40.4 Å². The molecule has 5 rings (SSSR count). The van der Waals surface area contributed by atoms with Gasteiger partial charge in [0, 0.05) is 18.4 Å². The van der Waals surface area contributed by atoms with Crippen molar-refractivity contribution in [2.75, 3.05) is 6.61 Å². The first kappa shape index (κ1) is 24.7. The Kier molecular flexibility index (Phi) is 6.72. The summed E-state index contributed by atoms with van der Waals surface area (Å²) in [5, 5.41) is 9.46. The van der Waals surface area contributed by atoms with Crippen molar-refractivity contribution in [3.63, 3.8) is 0 Å². The van der Waals surface area contributed by atoms with Crippen molar-refractivity contribution in [2.45, 2.75) is 84.7 Å². The van der Waals surface area contributed by atoms with Gasteiger partial charge < -0.3 is 9.84 Å². The molecule has 0 amide bonds. The van der Waals surface area contributed by atoms with Gasteiger partial charge in [-0.25, -0.2) is 4.79 Å². The van der Waals surface area contributed by atoms with Crippen molar-refractivity contribution < 1.29 is 19.4 Å². The van der Waals surface area contributed by atoms with Gasteiger partial charge in [-0.1, -0.05) is 44.5 Å². The van der Waals surface area contributed by atoms with Gasteiger partial charge in [-0.3, -0.25) is 4.79 Å². The van der Waals surface area contributed by atoms with E-state index in [9.17, 15) is 14.7 Å². The first-order valence-electron chi connectivity index (χ1n) is 13.9. The van der Waals surface area contributed by atoms with Crippen LogP contribution >= 0.6 is 0 Å². The second-order valence-electron chi connectivity index (χ2n) is 12.4. The summed E-state index contributed by atoms with van der Waals surface area (Å²) in [4.78, 5) is 25.6. The monoisotopic (exact) mass is 478 g/mol. The molecule has 3 fully saturated rings. The van der Waals surface area contributed by atoms with Crippen molar-refractivity contribution in [3.05, 3.63) is 47.5 Å². The Bertz CT molecular complexity index is 983. The van der Waals surface area contributed by atoms with Gasteiger partial charge in [0.1, 0.15) is 6.10 Å². The van der Waals surface area contributed by atoms with Crippen LogP contribution in [0.15, 0.2) is 42.0 Å². The van der Waals surface area contributed by atoms with Crippen molar-refractivity contribution in [1.29, 1.82) is 0 Å². The predicted molar refractivity (Wildman–Crippen MR) is 137 cm³/mol.